The number of nitrogens with zero attached hydrogens (tertiary/aromatic N) is 2. The molecule has 1 unspecified atom stereocenters. The minimum absolute atomic E-state index is 0.00569. The molecule has 2 heterocycles. The van der Waals surface area contributed by atoms with Crippen molar-refractivity contribution in [2.75, 3.05) is 4.90 Å². The lowest BCUT2D eigenvalue weighted by Crippen LogP contribution is -2.42. The van der Waals surface area contributed by atoms with E-state index < -0.39 is 15.9 Å². The van der Waals surface area contributed by atoms with Gasteiger partial charge in [0.15, 0.2) is 5.78 Å². The van der Waals surface area contributed by atoms with Crippen LogP contribution < -0.4 is 15.8 Å². The number of sulfonamides is 1. The predicted molar refractivity (Wildman–Crippen MR) is 119 cm³/mol. The molecule has 0 saturated carbocycles. The summed E-state index contributed by atoms with van der Waals surface area (Å²) < 4.78 is 23.3. The van der Waals surface area contributed by atoms with Crippen LogP contribution >= 0.6 is 11.3 Å². The number of hydrogen-bond acceptors (Lipinski definition) is 7. The minimum atomic E-state index is -3.85. The summed E-state index contributed by atoms with van der Waals surface area (Å²) in [7, 11) is -3.85. The number of nitriles is 1. The molecular weight excluding hydrogens is 432 g/mol. The lowest BCUT2D eigenvalue weighted by molar-refractivity contribution is -0.118. The topological polar surface area (TPSA) is 130 Å². The Balaban J connectivity index is 1.95. The van der Waals surface area contributed by atoms with Crippen LogP contribution in [0.1, 0.15) is 38.2 Å². The smallest absolute Gasteiger partial charge is 0.238 e. The summed E-state index contributed by atoms with van der Waals surface area (Å²) in [6.45, 7) is 4.05. The molecule has 0 amide bonds. The summed E-state index contributed by atoms with van der Waals surface area (Å²) in [4.78, 5) is 15.0. The second-order valence-electron chi connectivity index (χ2n) is 8.58. The fourth-order valence-corrected chi connectivity index (χ4v) is 5.56. The van der Waals surface area contributed by atoms with Gasteiger partial charge in [0, 0.05) is 23.4 Å². The van der Waals surface area contributed by atoms with Crippen molar-refractivity contribution >= 4 is 32.8 Å². The van der Waals surface area contributed by atoms with Crippen LogP contribution in [-0.4, -0.2) is 14.2 Å². The van der Waals surface area contributed by atoms with Gasteiger partial charge in [0.25, 0.3) is 0 Å². The van der Waals surface area contributed by atoms with Crippen molar-refractivity contribution in [2.45, 2.75) is 37.5 Å². The number of thiophene rings is 1. The second kappa shape index (κ2) is 7.34. The minimum Gasteiger partial charge on any atom is -0.384 e. The van der Waals surface area contributed by atoms with Crippen molar-refractivity contribution in [3.8, 4) is 6.07 Å². The first kappa shape index (κ1) is 21.3. The first-order chi connectivity index (χ1) is 14.5. The van der Waals surface area contributed by atoms with E-state index in [9.17, 15) is 18.5 Å². The number of anilines is 1. The van der Waals surface area contributed by atoms with Gasteiger partial charge in [-0.3, -0.25) is 9.69 Å². The molecule has 1 aliphatic heterocycles. The largest absolute Gasteiger partial charge is 0.384 e. The van der Waals surface area contributed by atoms with E-state index in [0.717, 1.165) is 11.3 Å². The van der Waals surface area contributed by atoms with Gasteiger partial charge in [0.05, 0.1) is 22.5 Å². The number of allylic oxidation sites excluding steroid dienone is 3. The number of rotatable bonds is 3. The quantitative estimate of drug-likeness (QED) is 0.731. The summed E-state index contributed by atoms with van der Waals surface area (Å²) in [5, 5.41) is 19.0. The lowest BCUT2D eigenvalue weighted by atomic mass is 9.69. The number of ketones is 1. The van der Waals surface area contributed by atoms with E-state index in [1.165, 1.54) is 23.5 Å². The summed E-state index contributed by atoms with van der Waals surface area (Å²) in [6.07, 6.45) is 0.967. The van der Waals surface area contributed by atoms with Crippen LogP contribution in [0.15, 0.2) is 68.7 Å². The van der Waals surface area contributed by atoms with E-state index in [1.54, 1.807) is 17.0 Å². The number of benzene rings is 1. The van der Waals surface area contributed by atoms with Crippen molar-refractivity contribution in [2.24, 2.45) is 16.3 Å². The summed E-state index contributed by atoms with van der Waals surface area (Å²) in [5.74, 6) is -0.269. The van der Waals surface area contributed by atoms with Crippen molar-refractivity contribution in [3.05, 3.63) is 69.3 Å². The molecule has 1 aromatic heterocycles. The van der Waals surface area contributed by atoms with Crippen LogP contribution in [-0.2, 0) is 14.8 Å². The zero-order valence-electron chi connectivity index (χ0n) is 17.1. The zero-order valence-corrected chi connectivity index (χ0v) is 18.8. The molecule has 4 rings (SSSR count). The van der Waals surface area contributed by atoms with Crippen LogP contribution in [0.3, 0.4) is 0 Å². The van der Waals surface area contributed by atoms with Crippen molar-refractivity contribution in [1.82, 2.24) is 0 Å². The van der Waals surface area contributed by atoms with Crippen molar-refractivity contribution < 1.29 is 13.2 Å². The van der Waals surface area contributed by atoms with Gasteiger partial charge in [-0.25, -0.2) is 13.6 Å². The van der Waals surface area contributed by atoms with E-state index >= 15 is 0 Å². The Morgan fingerprint density at radius 3 is 2.42 bits per heavy atom. The van der Waals surface area contributed by atoms with Crippen LogP contribution in [0, 0.1) is 16.7 Å². The first-order valence-electron chi connectivity index (χ1n) is 9.64. The maximum Gasteiger partial charge on any atom is 0.238 e. The van der Waals surface area contributed by atoms with Crippen LogP contribution in [0.2, 0.25) is 0 Å². The maximum absolute atomic E-state index is 13.3. The first-order valence-corrected chi connectivity index (χ1v) is 12.1. The Morgan fingerprint density at radius 2 is 1.87 bits per heavy atom. The molecule has 160 valence electrons. The molecule has 0 spiro atoms. The number of carbonyl (C=O) groups excluding carboxylic acids is 1. The Bertz CT molecular complexity index is 1270. The molecule has 0 bridgehead atoms. The van der Waals surface area contributed by atoms with E-state index in [2.05, 4.69) is 6.07 Å². The van der Waals surface area contributed by atoms with Gasteiger partial charge in [-0.1, -0.05) is 13.8 Å². The molecule has 9 heteroatoms. The molecule has 2 aliphatic rings. The van der Waals surface area contributed by atoms with E-state index in [-0.39, 0.29) is 21.9 Å². The van der Waals surface area contributed by atoms with Gasteiger partial charge < -0.3 is 5.73 Å². The summed E-state index contributed by atoms with van der Waals surface area (Å²) >= 11 is 1.50. The second-order valence-corrected chi connectivity index (χ2v) is 10.9. The van der Waals surface area contributed by atoms with Gasteiger partial charge in [-0.05, 0) is 58.5 Å². The highest BCUT2D eigenvalue weighted by Crippen LogP contribution is 2.50. The summed E-state index contributed by atoms with van der Waals surface area (Å²) in [6, 6.07) is 10.1. The normalized spacial score (nSPS) is 21.2. The lowest BCUT2D eigenvalue weighted by Gasteiger charge is -2.43. The van der Waals surface area contributed by atoms with E-state index in [4.69, 9.17) is 10.9 Å². The van der Waals surface area contributed by atoms with E-state index in [1.807, 2.05) is 30.7 Å². The average molecular weight is 455 g/mol. The highest BCUT2D eigenvalue weighted by Gasteiger charge is 2.44. The zero-order chi connectivity index (χ0) is 22.6. The molecule has 0 saturated heterocycles. The number of hydrogen-bond donors (Lipinski definition) is 2. The predicted octanol–water partition coefficient (Wildman–Crippen LogP) is 3.34. The Morgan fingerprint density at radius 1 is 1.19 bits per heavy atom. The maximum atomic E-state index is 13.3. The molecule has 0 radical (unpaired) electrons. The number of carbonyl (C=O) groups is 1. The SMILES string of the molecule is CC1(C)CC(=O)C2=C(C1)N(c1ccc(S(N)(=O)=O)cc1)C(N)=C(C#N)C2c1ccsc1. The molecule has 2 aromatic rings. The third kappa shape index (κ3) is 3.67. The molecule has 7 nitrogen and oxygen atoms in total. The van der Waals surface area contributed by atoms with Gasteiger partial charge in [-0.15, -0.1) is 0 Å². The monoisotopic (exact) mass is 454 g/mol. The number of nitrogens with two attached hydrogens (primary N) is 2. The fourth-order valence-electron chi connectivity index (χ4n) is 4.36. The van der Waals surface area contributed by atoms with Gasteiger partial charge >= 0.3 is 0 Å². The average Bonchev–Trinajstić information content (AvgIpc) is 3.20. The molecular formula is C22H22N4O3S2. The molecule has 1 aromatic carbocycles. The molecule has 0 fully saturated rings. The fraction of sp³-hybridized carbons (Fsp3) is 0.273. The third-order valence-electron chi connectivity index (χ3n) is 5.68. The third-order valence-corrected chi connectivity index (χ3v) is 7.31. The Hall–Kier alpha value is -2.93. The van der Waals surface area contributed by atoms with Gasteiger partial charge in [0.1, 0.15) is 5.82 Å². The molecule has 1 aliphatic carbocycles. The van der Waals surface area contributed by atoms with Crippen molar-refractivity contribution in [3.63, 3.8) is 0 Å². The molecule has 4 N–H and O–H groups in total. The number of primary sulfonamides is 1. The van der Waals surface area contributed by atoms with Crippen molar-refractivity contribution in [1.29, 1.82) is 5.26 Å². The summed E-state index contributed by atoms with van der Waals surface area (Å²) in [5.41, 5.74) is 9.32. The Labute approximate surface area is 185 Å². The number of Topliss-reactive ketones (excluding diaryl/α,β-unsaturated/α-hetero) is 1. The van der Waals surface area contributed by atoms with Gasteiger partial charge in [0.2, 0.25) is 10.0 Å². The molecule has 31 heavy (non-hydrogen) atoms. The highest BCUT2D eigenvalue weighted by molar-refractivity contribution is 7.89. The highest BCUT2D eigenvalue weighted by atomic mass is 32.2. The van der Waals surface area contributed by atoms with Gasteiger partial charge in [-0.2, -0.15) is 16.6 Å². The van der Waals surface area contributed by atoms with Crippen LogP contribution in [0.5, 0.6) is 0 Å². The van der Waals surface area contributed by atoms with Crippen LogP contribution in [0.25, 0.3) is 0 Å². The van der Waals surface area contributed by atoms with E-state index in [0.29, 0.717) is 29.7 Å². The standard InChI is InChI=1S/C22H22N4O3S2/c1-22(2)9-17-20(18(27)10-22)19(13-7-8-30-12-13)16(11-23)21(24)26(17)14-3-5-15(6-4-14)31(25,28)29/h3-8,12,19H,9-10,24H2,1-2H3,(H2,25,28,29). The molecule has 1 atom stereocenters. The van der Waals surface area contributed by atoms with Crippen LogP contribution in [0.4, 0.5) is 5.69 Å². The Kier molecular flexibility index (Phi) is 5.04.